The molecule has 0 bridgehead atoms. The van der Waals surface area contributed by atoms with Crippen LogP contribution in [0.15, 0.2) is 24.3 Å². The second kappa shape index (κ2) is 47.8. The van der Waals surface area contributed by atoms with Crippen LogP contribution in [0.5, 0.6) is 0 Å². The molecule has 0 aliphatic rings. The Labute approximate surface area is 349 Å². The molecule has 330 valence electrons. The number of aliphatic hydroxyl groups excluding tert-OH is 1. The third-order valence-electron chi connectivity index (χ3n) is 11.2. The van der Waals surface area contributed by atoms with Gasteiger partial charge in [0.25, 0.3) is 0 Å². The van der Waals surface area contributed by atoms with Crippen molar-refractivity contribution < 1.29 is 24.2 Å². The fourth-order valence-electron chi connectivity index (χ4n) is 7.47. The van der Waals surface area contributed by atoms with Crippen LogP contribution in [0.1, 0.15) is 271 Å². The number of allylic oxidation sites excluding steroid dienone is 4. The molecular formula is C51H96O5. The average Bonchev–Trinajstić information content (AvgIpc) is 3.20. The Kier molecular flexibility index (Phi) is 46.4. The van der Waals surface area contributed by atoms with Gasteiger partial charge >= 0.3 is 11.9 Å². The molecule has 1 unspecified atom stereocenters. The lowest BCUT2D eigenvalue weighted by atomic mass is 10.0. The van der Waals surface area contributed by atoms with Gasteiger partial charge in [0.1, 0.15) is 6.61 Å². The van der Waals surface area contributed by atoms with Gasteiger partial charge in [0.2, 0.25) is 0 Å². The van der Waals surface area contributed by atoms with Crippen molar-refractivity contribution in [3.8, 4) is 0 Å². The molecule has 0 heterocycles. The van der Waals surface area contributed by atoms with Gasteiger partial charge in [0, 0.05) is 12.8 Å². The largest absolute Gasteiger partial charge is 0.462 e. The van der Waals surface area contributed by atoms with E-state index in [1.165, 1.54) is 199 Å². The quantitative estimate of drug-likeness (QED) is 0.0378. The fraction of sp³-hybridized carbons (Fsp3) is 0.882. The third kappa shape index (κ3) is 45.1. The second-order valence-corrected chi connectivity index (χ2v) is 16.9. The molecule has 0 fully saturated rings. The van der Waals surface area contributed by atoms with Gasteiger partial charge in [-0.2, -0.15) is 0 Å². The molecular weight excluding hydrogens is 693 g/mol. The van der Waals surface area contributed by atoms with Crippen molar-refractivity contribution in [2.45, 2.75) is 277 Å². The van der Waals surface area contributed by atoms with Gasteiger partial charge in [0.05, 0.1) is 6.61 Å². The van der Waals surface area contributed by atoms with Crippen LogP contribution in [-0.4, -0.2) is 36.4 Å². The summed E-state index contributed by atoms with van der Waals surface area (Å²) in [4.78, 5) is 24.3. The minimum absolute atomic E-state index is 0.0594. The first-order valence-electron chi connectivity index (χ1n) is 24.9. The molecule has 0 aliphatic heterocycles. The highest BCUT2D eigenvalue weighted by Crippen LogP contribution is 2.16. The number of carbonyl (C=O) groups excluding carboxylic acids is 2. The lowest BCUT2D eigenvalue weighted by molar-refractivity contribution is -0.161. The Bertz CT molecular complexity index is 851. The monoisotopic (exact) mass is 789 g/mol. The number of unbranched alkanes of at least 4 members (excludes halogenated alkanes) is 34. The summed E-state index contributed by atoms with van der Waals surface area (Å²) in [6.45, 7) is 4.15. The number of esters is 2. The predicted octanol–water partition coefficient (Wildman–Crippen LogP) is 16.2. The number of aliphatic hydroxyl groups is 1. The third-order valence-corrected chi connectivity index (χ3v) is 11.2. The van der Waals surface area contributed by atoms with Crippen molar-refractivity contribution in [2.24, 2.45) is 0 Å². The van der Waals surface area contributed by atoms with Crippen molar-refractivity contribution in [3.05, 3.63) is 24.3 Å². The standard InChI is InChI=1S/C51H96O5/c1-3-5-7-9-11-13-15-16-17-18-19-20-21-22-23-24-25-26-27-28-29-30-31-32-33-34-36-38-40-42-44-46-51(54)56-49(47-52)48-55-50(53)45-43-41-39-37-35-14-12-10-8-6-4-2/h15-16,18-19,49,52H,3-14,17,20-48H2,1-2H3/b16-15-,19-18-. The number of hydrogen-bond acceptors (Lipinski definition) is 5. The molecule has 0 aromatic rings. The first-order valence-corrected chi connectivity index (χ1v) is 24.9. The fourth-order valence-corrected chi connectivity index (χ4v) is 7.47. The molecule has 5 nitrogen and oxygen atoms in total. The first-order chi connectivity index (χ1) is 27.6. The van der Waals surface area contributed by atoms with E-state index in [-0.39, 0.29) is 25.2 Å². The van der Waals surface area contributed by atoms with Crippen LogP contribution in [0.3, 0.4) is 0 Å². The minimum Gasteiger partial charge on any atom is -0.462 e. The zero-order valence-corrected chi connectivity index (χ0v) is 37.7. The molecule has 1 N–H and O–H groups in total. The lowest BCUT2D eigenvalue weighted by Crippen LogP contribution is -2.28. The van der Waals surface area contributed by atoms with Crippen LogP contribution in [0.4, 0.5) is 0 Å². The Morgan fingerprint density at radius 2 is 0.714 bits per heavy atom. The molecule has 0 amide bonds. The van der Waals surface area contributed by atoms with E-state index in [1.807, 2.05) is 0 Å². The van der Waals surface area contributed by atoms with Crippen LogP contribution < -0.4 is 0 Å². The first kappa shape index (κ1) is 54.4. The molecule has 0 spiro atoms. The topological polar surface area (TPSA) is 72.8 Å². The van der Waals surface area contributed by atoms with Gasteiger partial charge in [-0.25, -0.2) is 0 Å². The highest BCUT2D eigenvalue weighted by Gasteiger charge is 2.16. The van der Waals surface area contributed by atoms with E-state index >= 15 is 0 Å². The summed E-state index contributed by atoms with van der Waals surface area (Å²) in [5.41, 5.74) is 0. The highest BCUT2D eigenvalue weighted by atomic mass is 16.6. The zero-order chi connectivity index (χ0) is 40.7. The molecule has 0 aromatic heterocycles. The number of carbonyl (C=O) groups is 2. The Morgan fingerprint density at radius 1 is 0.411 bits per heavy atom. The van der Waals surface area contributed by atoms with E-state index < -0.39 is 6.10 Å². The molecule has 0 radical (unpaired) electrons. The number of rotatable bonds is 46. The average molecular weight is 789 g/mol. The molecule has 0 aliphatic carbocycles. The van der Waals surface area contributed by atoms with E-state index in [4.69, 9.17) is 9.47 Å². The van der Waals surface area contributed by atoms with Crippen molar-refractivity contribution >= 4 is 11.9 Å². The van der Waals surface area contributed by atoms with Crippen molar-refractivity contribution in [1.29, 1.82) is 0 Å². The zero-order valence-electron chi connectivity index (χ0n) is 37.7. The van der Waals surface area contributed by atoms with E-state index in [2.05, 4.69) is 38.2 Å². The van der Waals surface area contributed by atoms with Gasteiger partial charge < -0.3 is 14.6 Å². The molecule has 5 heteroatoms. The molecule has 56 heavy (non-hydrogen) atoms. The maximum absolute atomic E-state index is 12.2. The van der Waals surface area contributed by atoms with Crippen LogP contribution in [0.2, 0.25) is 0 Å². The Balaban J connectivity index is 3.40. The van der Waals surface area contributed by atoms with Crippen LogP contribution in [0, 0.1) is 0 Å². The van der Waals surface area contributed by atoms with E-state index in [0.29, 0.717) is 12.8 Å². The van der Waals surface area contributed by atoms with Crippen LogP contribution in [0.25, 0.3) is 0 Å². The van der Waals surface area contributed by atoms with E-state index in [0.717, 1.165) is 44.9 Å². The summed E-state index contributed by atoms with van der Waals surface area (Å²) in [6.07, 6.45) is 58.6. The van der Waals surface area contributed by atoms with Crippen LogP contribution >= 0.6 is 0 Å². The van der Waals surface area contributed by atoms with E-state index in [9.17, 15) is 14.7 Å². The summed E-state index contributed by atoms with van der Waals surface area (Å²) < 4.78 is 10.6. The maximum Gasteiger partial charge on any atom is 0.306 e. The summed E-state index contributed by atoms with van der Waals surface area (Å²) in [5, 5.41) is 9.58. The molecule has 0 rings (SSSR count). The minimum atomic E-state index is -0.765. The summed E-state index contributed by atoms with van der Waals surface area (Å²) >= 11 is 0. The number of ether oxygens (including phenoxy) is 2. The van der Waals surface area contributed by atoms with Crippen molar-refractivity contribution in [2.75, 3.05) is 13.2 Å². The SMILES string of the molecule is CCCCCCC/C=C\C/C=C\CCCCCCCCCCCCCCCCCCCCCC(=O)OC(CO)COC(=O)CCCCCCCCCCCCC. The van der Waals surface area contributed by atoms with Gasteiger partial charge in [-0.15, -0.1) is 0 Å². The van der Waals surface area contributed by atoms with E-state index in [1.54, 1.807) is 0 Å². The normalized spacial score (nSPS) is 12.3. The van der Waals surface area contributed by atoms with Crippen molar-refractivity contribution in [1.82, 2.24) is 0 Å². The molecule has 0 saturated heterocycles. The summed E-state index contributed by atoms with van der Waals surface area (Å²) in [7, 11) is 0. The number of hydrogen-bond donors (Lipinski definition) is 1. The van der Waals surface area contributed by atoms with Gasteiger partial charge in [-0.05, 0) is 44.9 Å². The highest BCUT2D eigenvalue weighted by molar-refractivity contribution is 5.70. The Morgan fingerprint density at radius 3 is 1.05 bits per heavy atom. The molecule has 0 aromatic carbocycles. The van der Waals surface area contributed by atoms with Gasteiger partial charge in [0.15, 0.2) is 6.10 Å². The maximum atomic E-state index is 12.2. The van der Waals surface area contributed by atoms with Crippen LogP contribution in [-0.2, 0) is 19.1 Å². The van der Waals surface area contributed by atoms with Crippen molar-refractivity contribution in [3.63, 3.8) is 0 Å². The molecule has 0 saturated carbocycles. The lowest BCUT2D eigenvalue weighted by Gasteiger charge is -2.15. The summed E-state index contributed by atoms with van der Waals surface area (Å²) in [5.74, 6) is -0.577. The Hall–Kier alpha value is -1.62. The predicted molar refractivity (Wildman–Crippen MR) is 242 cm³/mol. The van der Waals surface area contributed by atoms with Gasteiger partial charge in [-0.1, -0.05) is 237 Å². The summed E-state index contributed by atoms with van der Waals surface area (Å²) in [6, 6.07) is 0. The second-order valence-electron chi connectivity index (χ2n) is 16.9. The van der Waals surface area contributed by atoms with Gasteiger partial charge in [-0.3, -0.25) is 9.59 Å². The molecule has 1 atom stereocenters. The smallest absolute Gasteiger partial charge is 0.306 e.